The van der Waals surface area contributed by atoms with Crippen LogP contribution in [-0.4, -0.2) is 18.1 Å². The Kier molecular flexibility index (Phi) is 13.0. The van der Waals surface area contributed by atoms with E-state index in [2.05, 4.69) is 103 Å². The summed E-state index contributed by atoms with van der Waals surface area (Å²) in [5.74, 6) is 11.7. The van der Waals surface area contributed by atoms with Gasteiger partial charge in [-0.3, -0.25) is 0 Å². The third-order valence-electron chi connectivity index (χ3n) is 17.0. The van der Waals surface area contributed by atoms with Crippen LogP contribution in [0.3, 0.4) is 0 Å². The first-order chi connectivity index (χ1) is 28.5. The number of hydrogen-bond acceptors (Lipinski definition) is 0. The van der Waals surface area contributed by atoms with Crippen LogP contribution in [0.5, 0.6) is 0 Å². The quantitative estimate of drug-likeness (QED) is 0.175. The van der Waals surface area contributed by atoms with E-state index in [0.29, 0.717) is 18.1 Å². The third-order valence-corrected chi connectivity index (χ3v) is 17.0. The van der Waals surface area contributed by atoms with Gasteiger partial charge in [0.2, 0.25) is 0 Å². The molecule has 317 valence electrons. The molecule has 12 aliphatic carbocycles. The zero-order valence-electron chi connectivity index (χ0n) is 37.2. The van der Waals surface area contributed by atoms with Crippen molar-refractivity contribution in [2.45, 2.75) is 156 Å². The summed E-state index contributed by atoms with van der Waals surface area (Å²) in [7, 11) is 0. The topological polar surface area (TPSA) is 42.3 Å². The summed E-state index contributed by atoms with van der Waals surface area (Å²) in [4.78, 5) is 0. The van der Waals surface area contributed by atoms with Crippen molar-refractivity contribution in [3.8, 4) is 0 Å². The van der Waals surface area contributed by atoms with Crippen LogP contribution < -0.4 is 0 Å². The molecular weight excluding hydrogens is 818 g/mol. The second-order valence-corrected chi connectivity index (χ2v) is 22.2. The molecule has 0 aliphatic heterocycles. The van der Waals surface area contributed by atoms with Gasteiger partial charge in [0.15, 0.2) is 0 Å². The molecule has 0 N–H and O–H groups in total. The van der Waals surface area contributed by atoms with E-state index in [1.54, 1.807) is 18.6 Å². The van der Waals surface area contributed by atoms with Gasteiger partial charge in [-0.25, -0.2) is 0 Å². The van der Waals surface area contributed by atoms with Gasteiger partial charge in [0.25, 0.3) is 0 Å². The summed E-state index contributed by atoms with van der Waals surface area (Å²) in [6.07, 6.45) is 22.2. The summed E-state index contributed by atoms with van der Waals surface area (Å²) >= 11 is 1.64. The second kappa shape index (κ2) is 18.1. The Bertz CT molecular complexity index is 1610. The predicted octanol–water partition coefficient (Wildman–Crippen LogP) is 16.3. The van der Waals surface area contributed by atoms with E-state index < -0.39 is 0 Å². The molecule has 12 saturated carbocycles. The van der Waals surface area contributed by atoms with Crippen molar-refractivity contribution in [2.24, 2.45) is 71.0 Å². The molecule has 3 nitrogen and oxygen atoms in total. The van der Waals surface area contributed by atoms with Crippen LogP contribution in [0.25, 0.3) is 16.0 Å². The molecule has 12 aliphatic rings. The predicted molar refractivity (Wildman–Crippen MR) is 246 cm³/mol. The van der Waals surface area contributed by atoms with E-state index in [1.807, 2.05) is 0 Å². The van der Waals surface area contributed by atoms with Gasteiger partial charge in [-0.15, -0.1) is 35.2 Å². The molecule has 59 heavy (non-hydrogen) atoms. The molecule has 0 atom stereocenters. The Morgan fingerprint density at radius 1 is 0.305 bits per heavy atom. The summed E-state index contributed by atoms with van der Waals surface area (Å²) in [6, 6.07) is 22.2. The molecule has 15 rings (SSSR count). The fourth-order valence-electron chi connectivity index (χ4n) is 15.9. The zero-order valence-corrected chi connectivity index (χ0v) is 40.1. The molecule has 0 spiro atoms. The number of nitrogens with zero attached hydrogens (tertiary/aromatic N) is 3. The van der Waals surface area contributed by atoms with Crippen molar-refractivity contribution in [2.75, 3.05) is 0 Å². The minimum atomic E-state index is 0.633. The maximum absolute atomic E-state index is 5.18. The normalized spacial score (nSPS) is 38.3. The fraction of sp³-hybridized carbons (Fsp3) is 0.667. The van der Waals surface area contributed by atoms with Crippen LogP contribution >= 0.6 is 6.65 Å². The molecular formula is C54H72MoN3P-3. The first kappa shape index (κ1) is 42.5. The SMILES string of the molecule is Cc1cc(C)cc([N-]C2C3CC4CC(C3)CC2C4)c1.Cc1cc(C)cc([N-]C2C3CC4CC(C3)CC2C4)c1.Cc1cc(C)cc([N-]C2C3CC4CC(C3)CC2C4)c1.[P]#[Mo]. The average molecular weight is 890 g/mol. The number of aryl methyl sites for hydroxylation is 6. The van der Waals surface area contributed by atoms with Gasteiger partial charge in [-0.1, -0.05) is 123 Å². The molecule has 0 saturated heterocycles. The van der Waals surface area contributed by atoms with Gasteiger partial charge in [0, 0.05) is 0 Å². The number of benzene rings is 3. The van der Waals surface area contributed by atoms with E-state index in [9.17, 15) is 0 Å². The number of hydrogen-bond donors (Lipinski definition) is 0. The van der Waals surface area contributed by atoms with Gasteiger partial charge in [-0.2, -0.15) is 0 Å². The Labute approximate surface area is 371 Å². The molecule has 5 heteroatoms. The zero-order chi connectivity index (χ0) is 40.9. The molecule has 3 aromatic rings. The summed E-state index contributed by atoms with van der Waals surface area (Å²) in [5.41, 5.74) is 11.8. The Hall–Kier alpha value is -1.82. The Balaban J connectivity index is 0.000000112. The third kappa shape index (κ3) is 9.73. The van der Waals surface area contributed by atoms with Crippen molar-refractivity contribution in [3.63, 3.8) is 0 Å². The first-order valence-electron chi connectivity index (χ1n) is 24.1. The molecule has 12 fully saturated rings. The van der Waals surface area contributed by atoms with Crippen molar-refractivity contribution in [3.05, 3.63) is 104 Å². The molecule has 12 bridgehead atoms. The van der Waals surface area contributed by atoms with Crippen LogP contribution in [0.4, 0.5) is 17.1 Å². The maximum atomic E-state index is 5.18. The van der Waals surface area contributed by atoms with Gasteiger partial charge in [0.05, 0.1) is 0 Å². The van der Waals surface area contributed by atoms with Crippen molar-refractivity contribution < 1.29 is 18.6 Å². The Morgan fingerprint density at radius 2 is 0.475 bits per heavy atom. The van der Waals surface area contributed by atoms with E-state index in [1.165, 1.54) is 147 Å². The van der Waals surface area contributed by atoms with Crippen LogP contribution in [0, 0.1) is 113 Å². The standard InChI is InChI=1S/3C18H24N.Mo.P/c3*1-11-3-12(2)5-17(4-11)19-18-15-7-13-6-14(9-15)10-16(18)8-13;;/h3*3-5,13-16,18H,6-10H2,1-2H3;;/q3*-1;;. The van der Waals surface area contributed by atoms with E-state index >= 15 is 0 Å². The monoisotopic (exact) mass is 891 g/mol. The second-order valence-electron chi connectivity index (χ2n) is 22.2. The van der Waals surface area contributed by atoms with Gasteiger partial charge in [-0.05, 0) is 173 Å². The summed E-state index contributed by atoms with van der Waals surface area (Å²) < 4.78 is 0. The first-order valence-corrected chi connectivity index (χ1v) is 27.1. The molecule has 3 aromatic carbocycles. The van der Waals surface area contributed by atoms with E-state index in [-0.39, 0.29) is 0 Å². The van der Waals surface area contributed by atoms with Crippen LogP contribution in [0.2, 0.25) is 0 Å². The minimum absolute atomic E-state index is 0.633. The van der Waals surface area contributed by atoms with Crippen LogP contribution in [0.15, 0.2) is 54.6 Å². The van der Waals surface area contributed by atoms with Crippen molar-refractivity contribution in [1.82, 2.24) is 0 Å². The van der Waals surface area contributed by atoms with Gasteiger partial charge < -0.3 is 16.0 Å². The van der Waals surface area contributed by atoms with Crippen molar-refractivity contribution in [1.29, 1.82) is 0 Å². The average Bonchev–Trinajstić information content (AvgIpc) is 3.15. The fourth-order valence-corrected chi connectivity index (χ4v) is 15.9. The van der Waals surface area contributed by atoms with E-state index in [0.717, 1.165) is 71.0 Å². The summed E-state index contributed by atoms with van der Waals surface area (Å²) in [6.45, 7) is 16.6. The molecule has 0 heterocycles. The molecule has 0 amide bonds. The molecule has 0 unspecified atom stereocenters. The Morgan fingerprint density at radius 3 is 0.644 bits per heavy atom. The molecule has 0 aromatic heterocycles. The van der Waals surface area contributed by atoms with Crippen LogP contribution in [-0.2, 0) is 18.6 Å². The van der Waals surface area contributed by atoms with Gasteiger partial charge in [0.1, 0.15) is 0 Å². The van der Waals surface area contributed by atoms with Crippen molar-refractivity contribution >= 4 is 23.7 Å². The van der Waals surface area contributed by atoms with Gasteiger partial charge >= 0.3 is 25.2 Å². The van der Waals surface area contributed by atoms with E-state index in [4.69, 9.17) is 16.0 Å². The summed E-state index contributed by atoms with van der Waals surface area (Å²) in [5, 5.41) is 15.5. The van der Waals surface area contributed by atoms with Crippen LogP contribution in [0.1, 0.15) is 130 Å². The number of rotatable bonds is 6. The molecule has 0 radical (unpaired) electrons.